The number of rotatable bonds is 4. The first-order chi connectivity index (χ1) is 9.61. The fourth-order valence-corrected chi connectivity index (χ4v) is 1.66. The maximum Gasteiger partial charge on any atom is 0.335 e. The van der Waals surface area contributed by atoms with Crippen molar-refractivity contribution in [2.24, 2.45) is 0 Å². The molecule has 20 heavy (non-hydrogen) atoms. The Hall–Kier alpha value is -2.69. The van der Waals surface area contributed by atoms with Crippen molar-refractivity contribution in [3.05, 3.63) is 59.2 Å². The Kier molecular flexibility index (Phi) is 4.10. The molecule has 4 nitrogen and oxygen atoms in total. The number of hydrogen-bond donors (Lipinski definition) is 1. The van der Waals surface area contributed by atoms with Gasteiger partial charge in [-0.1, -0.05) is 12.1 Å². The highest BCUT2D eigenvalue weighted by molar-refractivity contribution is 5.88. The van der Waals surface area contributed by atoms with E-state index >= 15 is 0 Å². The van der Waals surface area contributed by atoms with Crippen LogP contribution in [0.4, 0.5) is 4.39 Å². The molecule has 0 aliphatic rings. The van der Waals surface area contributed by atoms with Crippen molar-refractivity contribution < 1.29 is 19.0 Å². The maximum atomic E-state index is 13.9. The largest absolute Gasteiger partial charge is 0.494 e. The first-order valence-corrected chi connectivity index (χ1v) is 5.81. The third-order valence-electron chi connectivity index (χ3n) is 2.67. The van der Waals surface area contributed by atoms with E-state index in [0.717, 1.165) is 0 Å². The molecule has 102 valence electrons. The number of pyridine rings is 1. The van der Waals surface area contributed by atoms with Gasteiger partial charge in [0.05, 0.1) is 18.4 Å². The van der Waals surface area contributed by atoms with Crippen molar-refractivity contribution in [3.63, 3.8) is 0 Å². The first kappa shape index (κ1) is 13.7. The lowest BCUT2D eigenvalue weighted by Gasteiger charge is -2.03. The second-order valence-corrected chi connectivity index (χ2v) is 3.97. The second-order valence-electron chi connectivity index (χ2n) is 3.97. The van der Waals surface area contributed by atoms with E-state index in [4.69, 9.17) is 9.84 Å². The molecule has 0 fully saturated rings. The average molecular weight is 273 g/mol. The first-order valence-electron chi connectivity index (χ1n) is 5.81. The van der Waals surface area contributed by atoms with E-state index in [1.807, 2.05) is 0 Å². The quantitative estimate of drug-likeness (QED) is 0.929. The van der Waals surface area contributed by atoms with Crippen LogP contribution in [-0.2, 0) is 0 Å². The second kappa shape index (κ2) is 5.97. The van der Waals surface area contributed by atoms with Gasteiger partial charge in [0.2, 0.25) is 0 Å². The van der Waals surface area contributed by atoms with Crippen LogP contribution in [0.25, 0.3) is 12.2 Å². The summed E-state index contributed by atoms with van der Waals surface area (Å²) in [7, 11) is 1.39. The Balaban J connectivity index is 2.30. The van der Waals surface area contributed by atoms with Gasteiger partial charge in [-0.2, -0.15) is 0 Å². The van der Waals surface area contributed by atoms with E-state index < -0.39 is 11.8 Å². The number of carboxylic acids is 1. The molecular weight excluding hydrogens is 261 g/mol. The van der Waals surface area contributed by atoms with Gasteiger partial charge in [0.15, 0.2) is 11.6 Å². The minimum absolute atomic E-state index is 0.130. The van der Waals surface area contributed by atoms with E-state index in [2.05, 4.69) is 4.98 Å². The molecule has 0 atom stereocenters. The molecule has 2 aromatic rings. The minimum Gasteiger partial charge on any atom is -0.494 e. The van der Waals surface area contributed by atoms with Crippen LogP contribution in [0.5, 0.6) is 5.75 Å². The van der Waals surface area contributed by atoms with E-state index in [1.165, 1.54) is 37.6 Å². The molecule has 0 amide bonds. The molecule has 0 unspecified atom stereocenters. The monoisotopic (exact) mass is 273 g/mol. The highest BCUT2D eigenvalue weighted by Gasteiger charge is 2.06. The highest BCUT2D eigenvalue weighted by atomic mass is 19.1. The van der Waals surface area contributed by atoms with Crippen LogP contribution in [0.3, 0.4) is 0 Å². The number of benzene rings is 1. The van der Waals surface area contributed by atoms with Crippen molar-refractivity contribution in [1.82, 2.24) is 4.98 Å². The van der Waals surface area contributed by atoms with Crippen LogP contribution in [0.1, 0.15) is 21.6 Å². The summed E-state index contributed by atoms with van der Waals surface area (Å²) in [6, 6.07) is 7.59. The summed E-state index contributed by atoms with van der Waals surface area (Å²) < 4.78 is 18.8. The number of hydrogen-bond acceptors (Lipinski definition) is 3. The van der Waals surface area contributed by atoms with Gasteiger partial charge in [0.25, 0.3) is 0 Å². The van der Waals surface area contributed by atoms with Crippen molar-refractivity contribution in [2.75, 3.05) is 7.11 Å². The topological polar surface area (TPSA) is 59.4 Å². The number of halogens is 1. The highest BCUT2D eigenvalue weighted by Crippen LogP contribution is 2.21. The number of aromatic nitrogens is 1. The summed E-state index contributed by atoms with van der Waals surface area (Å²) in [5.41, 5.74) is 0.907. The molecule has 0 saturated heterocycles. The van der Waals surface area contributed by atoms with Crippen molar-refractivity contribution in [2.45, 2.75) is 0 Å². The summed E-state index contributed by atoms with van der Waals surface area (Å²) in [5.74, 6) is -1.35. The van der Waals surface area contributed by atoms with Crippen LogP contribution in [0.2, 0.25) is 0 Å². The van der Waals surface area contributed by atoms with Gasteiger partial charge in [-0.25, -0.2) is 9.18 Å². The van der Waals surface area contributed by atoms with Crippen LogP contribution >= 0.6 is 0 Å². The fraction of sp³-hybridized carbons (Fsp3) is 0.0667. The summed E-state index contributed by atoms with van der Waals surface area (Å²) in [5, 5.41) is 8.88. The summed E-state index contributed by atoms with van der Waals surface area (Å²) in [4.78, 5) is 14.8. The van der Waals surface area contributed by atoms with Crippen LogP contribution in [-0.4, -0.2) is 23.2 Å². The van der Waals surface area contributed by atoms with Crippen LogP contribution in [0, 0.1) is 5.82 Å². The molecule has 1 heterocycles. The molecule has 0 bridgehead atoms. The minimum atomic E-state index is -1.03. The SMILES string of the molecule is COc1cccc(/C=C/c2cc(C(=O)O)ccn2)c1F. The molecule has 0 radical (unpaired) electrons. The van der Waals surface area contributed by atoms with Gasteiger partial charge in [0.1, 0.15) is 0 Å². The molecule has 5 heteroatoms. The Morgan fingerprint density at radius 3 is 2.85 bits per heavy atom. The molecule has 0 saturated carbocycles. The maximum absolute atomic E-state index is 13.9. The summed E-state index contributed by atoms with van der Waals surface area (Å²) in [6.07, 6.45) is 4.46. The van der Waals surface area contributed by atoms with Crippen molar-refractivity contribution >= 4 is 18.1 Å². The molecule has 1 N–H and O–H groups in total. The number of nitrogens with zero attached hydrogens (tertiary/aromatic N) is 1. The number of methoxy groups -OCH3 is 1. The lowest BCUT2D eigenvalue weighted by atomic mass is 10.1. The zero-order valence-electron chi connectivity index (χ0n) is 10.7. The van der Waals surface area contributed by atoms with E-state index in [1.54, 1.807) is 18.2 Å². The summed E-state index contributed by atoms with van der Waals surface area (Å²) >= 11 is 0. The van der Waals surface area contributed by atoms with E-state index in [-0.39, 0.29) is 11.3 Å². The third kappa shape index (κ3) is 3.00. The Morgan fingerprint density at radius 1 is 1.35 bits per heavy atom. The third-order valence-corrected chi connectivity index (χ3v) is 2.67. The predicted octanol–water partition coefficient (Wildman–Crippen LogP) is 3.10. The van der Waals surface area contributed by atoms with Crippen molar-refractivity contribution in [3.8, 4) is 5.75 Å². The molecule has 0 spiro atoms. The number of carbonyl (C=O) groups is 1. The molecule has 0 aliphatic heterocycles. The number of carboxylic acid groups (broad SMARTS) is 1. The zero-order chi connectivity index (χ0) is 14.5. The van der Waals surface area contributed by atoms with Gasteiger partial charge in [-0.3, -0.25) is 4.98 Å². The Labute approximate surface area is 115 Å². The van der Waals surface area contributed by atoms with Gasteiger partial charge in [-0.15, -0.1) is 0 Å². The molecular formula is C15H12FNO3. The predicted molar refractivity (Wildman–Crippen MR) is 73.1 cm³/mol. The average Bonchev–Trinajstić information content (AvgIpc) is 2.46. The standard InChI is InChI=1S/C15H12FNO3/c1-20-13-4-2-3-10(14(13)16)5-6-12-9-11(15(18)19)7-8-17-12/h2-9H,1H3,(H,18,19)/b6-5+. The van der Waals surface area contributed by atoms with Crippen LogP contribution < -0.4 is 4.74 Å². The lowest BCUT2D eigenvalue weighted by Crippen LogP contribution is -1.97. The van der Waals surface area contributed by atoms with Gasteiger partial charge >= 0.3 is 5.97 Å². The van der Waals surface area contributed by atoms with Crippen molar-refractivity contribution in [1.29, 1.82) is 0 Å². The molecule has 0 aliphatic carbocycles. The molecule has 1 aromatic heterocycles. The fourth-order valence-electron chi connectivity index (χ4n) is 1.66. The van der Waals surface area contributed by atoms with Gasteiger partial charge in [0, 0.05) is 11.8 Å². The Bertz CT molecular complexity index is 668. The summed E-state index contributed by atoms with van der Waals surface area (Å²) in [6.45, 7) is 0. The number of aromatic carboxylic acids is 1. The zero-order valence-corrected chi connectivity index (χ0v) is 10.7. The Morgan fingerprint density at radius 2 is 2.15 bits per heavy atom. The normalized spacial score (nSPS) is 10.7. The smallest absolute Gasteiger partial charge is 0.335 e. The van der Waals surface area contributed by atoms with E-state index in [0.29, 0.717) is 11.3 Å². The molecule has 1 aromatic carbocycles. The number of ether oxygens (including phenoxy) is 1. The lowest BCUT2D eigenvalue weighted by molar-refractivity contribution is 0.0696. The molecule has 2 rings (SSSR count). The van der Waals surface area contributed by atoms with E-state index in [9.17, 15) is 9.18 Å². The van der Waals surface area contributed by atoms with Crippen LogP contribution in [0.15, 0.2) is 36.5 Å². The van der Waals surface area contributed by atoms with Gasteiger partial charge < -0.3 is 9.84 Å². The van der Waals surface area contributed by atoms with Gasteiger partial charge in [-0.05, 0) is 30.4 Å².